The van der Waals surface area contributed by atoms with E-state index in [4.69, 9.17) is 0 Å². The van der Waals surface area contributed by atoms with Gasteiger partial charge in [-0.2, -0.15) is 0 Å². The van der Waals surface area contributed by atoms with Gasteiger partial charge in [-0.3, -0.25) is 0 Å². The standard InChI is InChI=1S/C86H96BN3S/c1-79(2,3)54-29-34-57(35-30-54)88(58-36-31-55(32-37-58)80(4,5)6)60-49-73-75-74(50-60)90(71-42-33-56(81(7,8)9)47-63(71)53-25-22-21-23-26-53)76-69(41-39-62-61-27-24-28-65(82(10,11)12)77(61)91-78(62)76)87(75)70-51-67-68(86(19,20)46-45-85(67,17)18)52-72(70)89(73)59-38-40-64-66(48-59)84(15,16)44-43-83(64,13)14/h21-42,47-52H,43-46H2,1-20H3. The molecule has 10 aromatic rings. The van der Waals surface area contributed by atoms with E-state index >= 15 is 0 Å². The summed E-state index contributed by atoms with van der Waals surface area (Å²) < 4.78 is 2.70. The van der Waals surface area contributed by atoms with Crippen molar-refractivity contribution < 1.29 is 0 Å². The summed E-state index contributed by atoms with van der Waals surface area (Å²) in [5.74, 6) is 0. The Bertz CT molecular complexity index is 4500. The van der Waals surface area contributed by atoms with E-state index in [2.05, 4.69) is 323 Å². The summed E-state index contributed by atoms with van der Waals surface area (Å²) in [6.45, 7) is 48.0. The topological polar surface area (TPSA) is 9.72 Å². The maximum atomic E-state index is 2.77. The lowest BCUT2D eigenvalue weighted by Crippen LogP contribution is -2.62. The highest BCUT2D eigenvalue weighted by Crippen LogP contribution is 2.57. The van der Waals surface area contributed by atoms with Gasteiger partial charge in [0.2, 0.25) is 0 Å². The van der Waals surface area contributed by atoms with Crippen LogP contribution in [0.25, 0.3) is 31.3 Å². The van der Waals surface area contributed by atoms with Crippen LogP contribution in [-0.2, 0) is 43.3 Å². The van der Waals surface area contributed by atoms with Gasteiger partial charge in [-0.15, -0.1) is 11.3 Å². The van der Waals surface area contributed by atoms with E-state index in [0.29, 0.717) is 0 Å². The second kappa shape index (κ2) is 20.6. The molecule has 1 aromatic heterocycles. The molecule has 4 aliphatic rings. The third-order valence-electron chi connectivity index (χ3n) is 22.0. The summed E-state index contributed by atoms with van der Waals surface area (Å²) in [5.41, 5.74) is 28.4. The Kier molecular flexibility index (Phi) is 13.8. The molecule has 2 aliphatic carbocycles. The van der Waals surface area contributed by atoms with Crippen molar-refractivity contribution in [3.8, 4) is 11.1 Å². The quantitative estimate of drug-likeness (QED) is 0.154. The SMILES string of the molecule is CC(C)(C)c1ccc(N(c2ccc(C(C)(C)C)cc2)c2cc3c4c(c2)N(c2ccc(C(C)(C)C)cc2-c2ccccc2)c2c(ccc5c2sc2c(C(C)(C)C)cccc25)B4c2cc4c(cc2N3c2ccc3c(c2)C(C)(C)CCC3(C)C)C(C)(C)CCC4(C)C)cc1. The maximum absolute atomic E-state index is 2.77. The van der Waals surface area contributed by atoms with E-state index < -0.39 is 0 Å². The monoisotopic (exact) mass is 1210 g/mol. The van der Waals surface area contributed by atoms with Crippen molar-refractivity contribution in [1.82, 2.24) is 0 Å². The lowest BCUT2D eigenvalue weighted by molar-refractivity contribution is 0.332. The molecule has 0 fully saturated rings. The van der Waals surface area contributed by atoms with Gasteiger partial charge in [0.15, 0.2) is 0 Å². The fourth-order valence-electron chi connectivity index (χ4n) is 16.1. The predicted octanol–water partition coefficient (Wildman–Crippen LogP) is 23.2. The summed E-state index contributed by atoms with van der Waals surface area (Å²) in [6.07, 6.45) is 4.58. The van der Waals surface area contributed by atoms with Crippen LogP contribution in [-0.4, -0.2) is 6.71 Å². The molecule has 0 saturated heterocycles. The van der Waals surface area contributed by atoms with Gasteiger partial charge in [-0.1, -0.05) is 242 Å². The molecule has 0 atom stereocenters. The van der Waals surface area contributed by atoms with Crippen LogP contribution in [0.2, 0.25) is 0 Å². The fourth-order valence-corrected chi connectivity index (χ4v) is 17.6. The highest BCUT2D eigenvalue weighted by molar-refractivity contribution is 7.27. The van der Waals surface area contributed by atoms with Gasteiger partial charge in [0, 0.05) is 55.2 Å². The Labute approximate surface area is 550 Å². The molecule has 0 saturated carbocycles. The summed E-state index contributed by atoms with van der Waals surface area (Å²) in [5, 5.41) is 2.64. The summed E-state index contributed by atoms with van der Waals surface area (Å²) in [7, 11) is 0. The van der Waals surface area contributed by atoms with Crippen molar-refractivity contribution in [2.45, 2.75) is 207 Å². The third-order valence-corrected chi connectivity index (χ3v) is 23.2. The summed E-state index contributed by atoms with van der Waals surface area (Å²) >= 11 is 2.01. The Hall–Kier alpha value is -7.34. The molecular weight excluding hydrogens is 1120 g/mol. The van der Waals surface area contributed by atoms with Crippen molar-refractivity contribution in [3.05, 3.63) is 214 Å². The van der Waals surface area contributed by atoms with Crippen LogP contribution in [0.3, 0.4) is 0 Å². The predicted molar refractivity (Wildman–Crippen MR) is 399 cm³/mol. The van der Waals surface area contributed by atoms with Crippen LogP contribution < -0.4 is 31.1 Å². The van der Waals surface area contributed by atoms with Crippen LogP contribution in [0.1, 0.15) is 209 Å². The van der Waals surface area contributed by atoms with Crippen molar-refractivity contribution in [3.63, 3.8) is 0 Å². The highest BCUT2D eigenvalue weighted by Gasteiger charge is 2.49. The molecule has 0 amide bonds. The molecule has 2 aliphatic heterocycles. The Morgan fingerprint density at radius 1 is 0.385 bits per heavy atom. The van der Waals surface area contributed by atoms with Gasteiger partial charge in [-0.25, -0.2) is 0 Å². The molecule has 0 spiro atoms. The van der Waals surface area contributed by atoms with E-state index in [0.717, 1.165) is 42.7 Å². The number of benzene rings is 9. The first-order chi connectivity index (χ1) is 42.6. The van der Waals surface area contributed by atoms with Crippen molar-refractivity contribution in [2.24, 2.45) is 0 Å². The van der Waals surface area contributed by atoms with Gasteiger partial charge in [-0.05, 0) is 202 Å². The van der Waals surface area contributed by atoms with Gasteiger partial charge in [0.1, 0.15) is 0 Å². The number of hydrogen-bond acceptors (Lipinski definition) is 4. The van der Waals surface area contributed by atoms with Crippen molar-refractivity contribution in [1.29, 1.82) is 0 Å². The molecule has 91 heavy (non-hydrogen) atoms. The second-order valence-corrected chi connectivity index (χ2v) is 35.4. The second-order valence-electron chi connectivity index (χ2n) is 34.4. The largest absolute Gasteiger partial charge is 0.311 e. The third kappa shape index (κ3) is 10.0. The Morgan fingerprint density at radius 2 is 0.901 bits per heavy atom. The lowest BCUT2D eigenvalue weighted by Gasteiger charge is -2.48. The summed E-state index contributed by atoms with van der Waals surface area (Å²) in [6, 6.07) is 68.1. The normalized spacial score (nSPS) is 17.1. The minimum Gasteiger partial charge on any atom is -0.311 e. The van der Waals surface area contributed by atoms with Crippen molar-refractivity contribution in [2.75, 3.05) is 14.7 Å². The molecule has 3 heterocycles. The van der Waals surface area contributed by atoms with E-state index in [1.54, 1.807) is 0 Å². The van der Waals surface area contributed by atoms with Crippen LogP contribution in [0, 0.1) is 0 Å². The van der Waals surface area contributed by atoms with Crippen LogP contribution >= 0.6 is 11.3 Å². The first kappa shape index (κ1) is 61.2. The van der Waals surface area contributed by atoms with Crippen LogP contribution in [0.4, 0.5) is 51.2 Å². The lowest BCUT2D eigenvalue weighted by atomic mass is 9.33. The fraction of sp³-hybridized carbons (Fsp3) is 0.372. The van der Waals surface area contributed by atoms with Gasteiger partial charge in [0.25, 0.3) is 6.71 Å². The summed E-state index contributed by atoms with van der Waals surface area (Å²) in [4.78, 5) is 8.10. The number of thiophene rings is 1. The molecule has 3 nitrogen and oxygen atoms in total. The molecule has 0 N–H and O–H groups in total. The average Bonchev–Trinajstić information content (AvgIpc) is 1.49. The van der Waals surface area contributed by atoms with E-state index in [1.807, 2.05) is 11.3 Å². The van der Waals surface area contributed by atoms with Gasteiger partial charge < -0.3 is 14.7 Å². The minimum absolute atomic E-state index is 0.00827. The first-order valence-corrected chi connectivity index (χ1v) is 34.8. The Balaban J connectivity index is 1.19. The van der Waals surface area contributed by atoms with Crippen LogP contribution in [0.5, 0.6) is 0 Å². The van der Waals surface area contributed by atoms with E-state index in [9.17, 15) is 0 Å². The number of anilines is 9. The zero-order chi connectivity index (χ0) is 64.7. The number of rotatable bonds is 6. The minimum atomic E-state index is -0.105. The molecule has 5 heteroatoms. The molecule has 0 bridgehead atoms. The zero-order valence-corrected chi connectivity index (χ0v) is 59.1. The first-order valence-electron chi connectivity index (χ1n) is 33.9. The van der Waals surface area contributed by atoms with Crippen molar-refractivity contribution >= 4 is 106 Å². The average molecular weight is 1210 g/mol. The number of fused-ring (bicyclic) bond motifs is 10. The smallest absolute Gasteiger partial charge is 0.252 e. The molecule has 464 valence electrons. The number of nitrogens with zero attached hydrogens (tertiary/aromatic N) is 3. The highest BCUT2D eigenvalue weighted by atomic mass is 32.1. The van der Waals surface area contributed by atoms with E-state index in [-0.39, 0.29) is 50.0 Å². The molecule has 9 aromatic carbocycles. The molecule has 0 radical (unpaired) electrons. The van der Waals surface area contributed by atoms with Crippen LogP contribution in [0.15, 0.2) is 170 Å². The Morgan fingerprint density at radius 3 is 1.46 bits per heavy atom. The van der Waals surface area contributed by atoms with Gasteiger partial charge >= 0.3 is 0 Å². The molecular formula is C86H96BN3S. The van der Waals surface area contributed by atoms with Gasteiger partial charge in [0.05, 0.1) is 21.8 Å². The molecule has 14 rings (SSSR count). The maximum Gasteiger partial charge on any atom is 0.252 e. The number of hydrogen-bond donors (Lipinski definition) is 0. The van der Waals surface area contributed by atoms with E-state index in [1.165, 1.54) is 126 Å². The zero-order valence-electron chi connectivity index (χ0n) is 58.3. The molecule has 0 unspecified atom stereocenters.